The Morgan fingerprint density at radius 3 is 2.62 bits per heavy atom. The summed E-state index contributed by atoms with van der Waals surface area (Å²) in [6.07, 6.45) is 0.899. The molecule has 0 spiro atoms. The minimum absolute atomic E-state index is 0.0392. The molecule has 1 aliphatic heterocycles. The minimum atomic E-state index is -4.10. The first-order valence-electron chi connectivity index (χ1n) is 4.16. The topological polar surface area (TPSA) is 29.3 Å². The minimum Gasteiger partial charge on any atom is -0.326 e. The maximum absolute atomic E-state index is 11.7. The molecular weight excluding hydrogens is 201 g/mol. The lowest BCUT2D eigenvalue weighted by Gasteiger charge is -2.14. The highest BCUT2D eigenvalue weighted by Gasteiger charge is 2.28. The Bertz CT molecular complexity index is 162. The summed E-state index contributed by atoms with van der Waals surface area (Å²) in [5.74, 6) is 0.107. The van der Waals surface area contributed by atoms with Crippen LogP contribution in [0.4, 0.5) is 13.2 Å². The van der Waals surface area contributed by atoms with E-state index in [0.717, 1.165) is 19.5 Å². The summed E-state index contributed by atoms with van der Waals surface area (Å²) < 4.78 is 35.2. The van der Waals surface area contributed by atoms with Crippen molar-refractivity contribution in [1.82, 2.24) is 4.90 Å². The summed E-state index contributed by atoms with van der Waals surface area (Å²) in [5, 5.41) is 0. The van der Waals surface area contributed by atoms with Gasteiger partial charge in [-0.25, -0.2) is 0 Å². The number of nitrogens with zero attached hydrogens (tertiary/aromatic N) is 1. The van der Waals surface area contributed by atoms with Gasteiger partial charge in [0, 0.05) is 24.9 Å². The van der Waals surface area contributed by atoms with E-state index in [1.807, 2.05) is 4.90 Å². The van der Waals surface area contributed by atoms with Crippen LogP contribution in [-0.4, -0.2) is 41.8 Å². The molecule has 2 nitrogen and oxygen atoms in total. The van der Waals surface area contributed by atoms with Gasteiger partial charge in [-0.05, 0) is 24.7 Å². The molecule has 0 aromatic heterocycles. The first kappa shape index (κ1) is 11.1. The lowest BCUT2D eigenvalue weighted by atomic mass is 10.3. The molecule has 0 bridgehead atoms. The van der Waals surface area contributed by atoms with Crippen LogP contribution in [0.3, 0.4) is 0 Å². The third-order valence-electron chi connectivity index (χ3n) is 1.98. The van der Waals surface area contributed by atoms with Gasteiger partial charge in [-0.2, -0.15) is 13.2 Å². The van der Waals surface area contributed by atoms with Crippen molar-refractivity contribution < 1.29 is 13.2 Å². The molecule has 1 rings (SSSR count). The molecule has 6 heteroatoms. The van der Waals surface area contributed by atoms with Crippen molar-refractivity contribution in [2.24, 2.45) is 5.73 Å². The molecule has 13 heavy (non-hydrogen) atoms. The molecule has 0 amide bonds. The molecule has 0 aliphatic carbocycles. The highest BCUT2D eigenvalue weighted by molar-refractivity contribution is 8.00. The van der Waals surface area contributed by atoms with Crippen molar-refractivity contribution in [2.75, 3.05) is 25.4 Å². The fourth-order valence-corrected chi connectivity index (χ4v) is 1.94. The third-order valence-corrected chi connectivity index (χ3v) is 2.70. The standard InChI is InChI=1S/C7H13F3N2S/c8-7(9,10)13-4-3-12-2-1-6(11)5-12/h6H,1-5,11H2/t6-/m0/s1. The number of alkyl halides is 3. The molecule has 0 unspecified atom stereocenters. The highest BCUT2D eigenvalue weighted by Crippen LogP contribution is 2.29. The molecular formula is C7H13F3N2S. The second-order valence-electron chi connectivity index (χ2n) is 3.14. The fourth-order valence-electron chi connectivity index (χ4n) is 1.36. The summed E-state index contributed by atoms with van der Waals surface area (Å²) in [6, 6.07) is 0.149. The van der Waals surface area contributed by atoms with E-state index in [9.17, 15) is 13.2 Å². The molecule has 1 aliphatic rings. The molecule has 1 saturated heterocycles. The molecule has 2 N–H and O–H groups in total. The summed E-state index contributed by atoms with van der Waals surface area (Å²) in [6.45, 7) is 2.05. The van der Waals surface area contributed by atoms with E-state index in [1.54, 1.807) is 0 Å². The highest BCUT2D eigenvalue weighted by atomic mass is 32.2. The smallest absolute Gasteiger partial charge is 0.326 e. The van der Waals surface area contributed by atoms with Crippen LogP contribution in [0.2, 0.25) is 0 Å². The van der Waals surface area contributed by atoms with E-state index in [1.165, 1.54) is 0 Å². The first-order valence-corrected chi connectivity index (χ1v) is 5.14. The van der Waals surface area contributed by atoms with Gasteiger partial charge in [-0.15, -0.1) is 0 Å². The Morgan fingerprint density at radius 2 is 2.15 bits per heavy atom. The van der Waals surface area contributed by atoms with Crippen molar-refractivity contribution in [1.29, 1.82) is 0 Å². The van der Waals surface area contributed by atoms with Gasteiger partial charge < -0.3 is 10.6 Å². The second kappa shape index (κ2) is 4.52. The van der Waals surface area contributed by atoms with Gasteiger partial charge in [0.1, 0.15) is 0 Å². The lowest BCUT2D eigenvalue weighted by Crippen LogP contribution is -2.28. The number of hydrogen-bond donors (Lipinski definition) is 1. The van der Waals surface area contributed by atoms with Crippen LogP contribution in [0.15, 0.2) is 0 Å². The monoisotopic (exact) mass is 214 g/mol. The molecule has 1 fully saturated rings. The van der Waals surface area contributed by atoms with Gasteiger partial charge in [0.15, 0.2) is 0 Å². The Kier molecular flexibility index (Phi) is 3.87. The zero-order chi connectivity index (χ0) is 9.90. The van der Waals surface area contributed by atoms with Crippen molar-refractivity contribution in [3.05, 3.63) is 0 Å². The average Bonchev–Trinajstić information content (AvgIpc) is 2.33. The second-order valence-corrected chi connectivity index (χ2v) is 4.30. The lowest BCUT2D eigenvalue weighted by molar-refractivity contribution is -0.0328. The SMILES string of the molecule is N[C@H]1CCN(CCSC(F)(F)F)C1. The maximum atomic E-state index is 11.7. The zero-order valence-electron chi connectivity index (χ0n) is 7.18. The van der Waals surface area contributed by atoms with Crippen LogP contribution in [0.1, 0.15) is 6.42 Å². The van der Waals surface area contributed by atoms with Gasteiger partial charge in [0.2, 0.25) is 0 Å². The Hall–Kier alpha value is 0.0600. The Morgan fingerprint density at radius 1 is 1.46 bits per heavy atom. The summed E-state index contributed by atoms with van der Waals surface area (Å²) >= 11 is 0.0392. The number of hydrogen-bond acceptors (Lipinski definition) is 3. The number of likely N-dealkylation sites (tertiary alicyclic amines) is 1. The molecule has 0 aromatic rings. The van der Waals surface area contributed by atoms with Crippen LogP contribution in [0.25, 0.3) is 0 Å². The van der Waals surface area contributed by atoms with Crippen LogP contribution in [0.5, 0.6) is 0 Å². The number of halogens is 3. The largest absolute Gasteiger partial charge is 0.441 e. The van der Waals surface area contributed by atoms with E-state index in [-0.39, 0.29) is 23.6 Å². The van der Waals surface area contributed by atoms with Gasteiger partial charge >= 0.3 is 5.51 Å². The average molecular weight is 214 g/mol. The fraction of sp³-hybridized carbons (Fsp3) is 1.00. The van der Waals surface area contributed by atoms with Crippen LogP contribution < -0.4 is 5.73 Å². The zero-order valence-corrected chi connectivity index (χ0v) is 8.00. The van der Waals surface area contributed by atoms with Crippen molar-refractivity contribution in [3.63, 3.8) is 0 Å². The van der Waals surface area contributed by atoms with Crippen molar-refractivity contribution in [3.8, 4) is 0 Å². The molecule has 0 radical (unpaired) electrons. The maximum Gasteiger partial charge on any atom is 0.441 e. The van der Waals surface area contributed by atoms with E-state index in [2.05, 4.69) is 0 Å². The summed E-state index contributed by atoms with van der Waals surface area (Å²) in [7, 11) is 0. The van der Waals surface area contributed by atoms with Gasteiger partial charge in [-0.1, -0.05) is 0 Å². The molecule has 0 saturated carbocycles. The third kappa shape index (κ3) is 4.73. The Balaban J connectivity index is 2.07. The van der Waals surface area contributed by atoms with Crippen LogP contribution in [-0.2, 0) is 0 Å². The van der Waals surface area contributed by atoms with Crippen molar-refractivity contribution in [2.45, 2.75) is 18.0 Å². The number of nitrogens with two attached hydrogens (primary N) is 1. The molecule has 0 aromatic carbocycles. The molecule has 1 atom stereocenters. The van der Waals surface area contributed by atoms with Crippen LogP contribution in [0, 0.1) is 0 Å². The first-order chi connectivity index (χ1) is 5.97. The molecule has 78 valence electrons. The summed E-state index contributed by atoms with van der Waals surface area (Å²) in [5.41, 5.74) is 1.52. The van der Waals surface area contributed by atoms with Gasteiger partial charge in [0.05, 0.1) is 0 Å². The predicted octanol–water partition coefficient (Wildman–Crippen LogP) is 1.27. The number of rotatable bonds is 3. The van der Waals surface area contributed by atoms with E-state index < -0.39 is 5.51 Å². The molecule has 1 heterocycles. The van der Waals surface area contributed by atoms with E-state index in [0.29, 0.717) is 6.54 Å². The van der Waals surface area contributed by atoms with Crippen molar-refractivity contribution >= 4 is 11.8 Å². The normalized spacial score (nSPS) is 25.4. The summed E-state index contributed by atoms with van der Waals surface area (Å²) in [4.78, 5) is 1.98. The van der Waals surface area contributed by atoms with E-state index >= 15 is 0 Å². The van der Waals surface area contributed by atoms with Crippen LogP contribution >= 0.6 is 11.8 Å². The van der Waals surface area contributed by atoms with Gasteiger partial charge in [0.25, 0.3) is 0 Å². The predicted molar refractivity (Wildman–Crippen MR) is 47.5 cm³/mol. The Labute approximate surface area is 79.6 Å². The van der Waals surface area contributed by atoms with E-state index in [4.69, 9.17) is 5.73 Å². The quantitative estimate of drug-likeness (QED) is 0.767. The van der Waals surface area contributed by atoms with Gasteiger partial charge in [-0.3, -0.25) is 0 Å². The number of thioether (sulfide) groups is 1.